The average molecular weight is 599 g/mol. The molecule has 2 saturated heterocycles. The van der Waals surface area contributed by atoms with Crippen LogP contribution in [-0.4, -0.2) is 102 Å². The van der Waals surface area contributed by atoms with E-state index in [2.05, 4.69) is 24.1 Å². The molecule has 43 heavy (non-hydrogen) atoms. The number of benzene rings is 1. The highest BCUT2D eigenvalue weighted by molar-refractivity contribution is 6.23. The van der Waals surface area contributed by atoms with Gasteiger partial charge in [0, 0.05) is 51.1 Å². The van der Waals surface area contributed by atoms with E-state index in [1.54, 1.807) is 12.1 Å². The van der Waals surface area contributed by atoms with Crippen molar-refractivity contribution < 1.29 is 33.4 Å². The molecule has 3 heterocycles. The summed E-state index contributed by atoms with van der Waals surface area (Å²) in [6.45, 7) is 13.1. The molecule has 4 aliphatic rings. The van der Waals surface area contributed by atoms with E-state index in [1.807, 2.05) is 25.7 Å². The van der Waals surface area contributed by atoms with Gasteiger partial charge in [0.15, 0.2) is 11.5 Å². The quantitative estimate of drug-likeness (QED) is 0.449. The van der Waals surface area contributed by atoms with E-state index < -0.39 is 23.5 Å². The highest BCUT2D eigenvalue weighted by Gasteiger charge is 2.45. The van der Waals surface area contributed by atoms with Gasteiger partial charge in [0.2, 0.25) is 5.91 Å². The normalized spacial score (nSPS) is 24.7. The lowest BCUT2D eigenvalue weighted by atomic mass is 9.85. The minimum Gasteiger partial charge on any atom is -0.493 e. The zero-order valence-corrected chi connectivity index (χ0v) is 26.3. The number of carbonyl (C=O) groups excluding carboxylic acids is 4. The first-order valence-electron chi connectivity index (χ1n) is 15.6. The molecule has 3 fully saturated rings. The monoisotopic (exact) mass is 598 g/mol. The number of nitrogens with one attached hydrogen (secondary N) is 1. The van der Waals surface area contributed by atoms with Crippen molar-refractivity contribution in [3.8, 4) is 11.5 Å². The molecule has 1 atom stereocenters. The van der Waals surface area contributed by atoms with E-state index in [4.69, 9.17) is 14.2 Å². The standard InChI is InChI=1S/C32H46N4O7/c1-19(2)35(18-20-9-12-34(13-10-20)31(40)43-32(3,4)5)21-14-22(15-21)42-27-17-24-23(16-26(27)41-6)29(38)36(30(24)39)25-8-7-11-33-28(25)37/h16-17,19-22,25H,7-15,18H2,1-6H3,(H,33,37)/t21-,22-,25?. The summed E-state index contributed by atoms with van der Waals surface area (Å²) in [4.78, 5) is 56.8. The second-order valence-corrected chi connectivity index (χ2v) is 13.5. The summed E-state index contributed by atoms with van der Waals surface area (Å²) in [5.74, 6) is 0.107. The number of nitrogens with zero attached hydrogens (tertiary/aromatic N) is 3. The summed E-state index contributed by atoms with van der Waals surface area (Å²) in [6, 6.07) is 3.11. The van der Waals surface area contributed by atoms with Gasteiger partial charge in [-0.1, -0.05) is 0 Å². The Bertz CT molecular complexity index is 1240. The maximum atomic E-state index is 13.3. The Morgan fingerprint density at radius 2 is 1.65 bits per heavy atom. The van der Waals surface area contributed by atoms with Crippen molar-refractivity contribution in [1.82, 2.24) is 20.0 Å². The van der Waals surface area contributed by atoms with Crippen LogP contribution < -0.4 is 14.8 Å². The molecule has 5 rings (SSSR count). The largest absolute Gasteiger partial charge is 0.493 e. The van der Waals surface area contributed by atoms with Crippen LogP contribution in [0.2, 0.25) is 0 Å². The second kappa shape index (κ2) is 12.3. The summed E-state index contributed by atoms with van der Waals surface area (Å²) in [7, 11) is 1.51. The van der Waals surface area contributed by atoms with E-state index in [-0.39, 0.29) is 29.2 Å². The van der Waals surface area contributed by atoms with Gasteiger partial charge in [-0.25, -0.2) is 4.79 Å². The molecule has 0 aromatic heterocycles. The molecule has 11 heteroatoms. The minimum absolute atomic E-state index is 0.0420. The van der Waals surface area contributed by atoms with Gasteiger partial charge >= 0.3 is 6.09 Å². The lowest BCUT2D eigenvalue weighted by Gasteiger charge is -2.46. The summed E-state index contributed by atoms with van der Waals surface area (Å²) in [6.07, 6.45) is 4.49. The molecule has 0 radical (unpaired) electrons. The van der Waals surface area contributed by atoms with Crippen LogP contribution in [0.4, 0.5) is 4.79 Å². The van der Waals surface area contributed by atoms with Crippen molar-refractivity contribution in [2.45, 2.75) is 103 Å². The number of imide groups is 1. The third-order valence-corrected chi connectivity index (χ3v) is 9.00. The predicted octanol–water partition coefficient (Wildman–Crippen LogP) is 3.84. The maximum absolute atomic E-state index is 13.3. The fourth-order valence-electron chi connectivity index (χ4n) is 6.59. The third-order valence-electron chi connectivity index (χ3n) is 9.00. The number of likely N-dealkylation sites (tertiary alicyclic amines) is 1. The predicted molar refractivity (Wildman–Crippen MR) is 159 cm³/mol. The minimum atomic E-state index is -0.796. The lowest BCUT2D eigenvalue weighted by molar-refractivity contribution is -0.126. The van der Waals surface area contributed by atoms with Crippen LogP contribution in [0.15, 0.2) is 12.1 Å². The zero-order valence-electron chi connectivity index (χ0n) is 26.3. The van der Waals surface area contributed by atoms with Gasteiger partial charge in [-0.3, -0.25) is 24.2 Å². The zero-order chi connectivity index (χ0) is 31.1. The Labute approximate surface area is 254 Å². The van der Waals surface area contributed by atoms with Crippen molar-refractivity contribution in [1.29, 1.82) is 0 Å². The summed E-state index contributed by atoms with van der Waals surface area (Å²) in [5.41, 5.74) is -0.00516. The van der Waals surface area contributed by atoms with Crippen LogP contribution in [-0.2, 0) is 9.53 Å². The van der Waals surface area contributed by atoms with Crippen molar-refractivity contribution in [2.24, 2.45) is 5.92 Å². The van der Waals surface area contributed by atoms with Crippen molar-refractivity contribution in [3.05, 3.63) is 23.3 Å². The fraction of sp³-hybridized carbons (Fsp3) is 0.688. The molecule has 1 aromatic carbocycles. The van der Waals surface area contributed by atoms with Crippen LogP contribution in [0, 0.1) is 5.92 Å². The molecule has 236 valence electrons. The molecule has 0 spiro atoms. The fourth-order valence-corrected chi connectivity index (χ4v) is 6.59. The van der Waals surface area contributed by atoms with Gasteiger partial charge in [0.25, 0.3) is 11.8 Å². The first-order valence-corrected chi connectivity index (χ1v) is 15.6. The Kier molecular flexibility index (Phi) is 8.92. The highest BCUT2D eigenvalue weighted by Crippen LogP contribution is 2.40. The smallest absolute Gasteiger partial charge is 0.410 e. The molecule has 1 aromatic rings. The van der Waals surface area contributed by atoms with Gasteiger partial charge in [0.1, 0.15) is 17.7 Å². The molecule has 1 N–H and O–H groups in total. The number of amides is 4. The SMILES string of the molecule is COc1cc2c(cc1O[C@H]1C[C@H](N(CC3CCN(C(=O)OC(C)(C)C)CC3)C(C)C)C1)C(=O)N(C1CCCNC1=O)C2=O. The topological polar surface area (TPSA) is 118 Å². The summed E-state index contributed by atoms with van der Waals surface area (Å²) < 4.78 is 17.4. The van der Waals surface area contributed by atoms with Gasteiger partial charge < -0.3 is 24.4 Å². The number of rotatable bonds is 8. The van der Waals surface area contributed by atoms with Gasteiger partial charge in [-0.2, -0.15) is 0 Å². The molecule has 1 saturated carbocycles. The van der Waals surface area contributed by atoms with Crippen LogP contribution in [0.5, 0.6) is 11.5 Å². The van der Waals surface area contributed by atoms with E-state index >= 15 is 0 Å². The number of methoxy groups -OCH3 is 1. The van der Waals surface area contributed by atoms with Crippen LogP contribution in [0.1, 0.15) is 93.9 Å². The molecule has 4 amide bonds. The Hall–Kier alpha value is -3.34. The van der Waals surface area contributed by atoms with E-state index in [1.165, 1.54) is 7.11 Å². The number of fused-ring (bicyclic) bond motifs is 1. The number of hydrogen-bond acceptors (Lipinski definition) is 8. The molecular formula is C32H46N4O7. The van der Waals surface area contributed by atoms with Crippen molar-refractivity contribution in [2.75, 3.05) is 33.3 Å². The number of hydrogen-bond donors (Lipinski definition) is 1. The lowest BCUT2D eigenvalue weighted by Crippen LogP contribution is -2.54. The number of piperidine rings is 2. The molecule has 1 unspecified atom stereocenters. The van der Waals surface area contributed by atoms with E-state index in [0.29, 0.717) is 62.0 Å². The third kappa shape index (κ3) is 6.61. The molecule has 11 nitrogen and oxygen atoms in total. The molecule has 3 aliphatic heterocycles. The first kappa shape index (κ1) is 31.1. The van der Waals surface area contributed by atoms with E-state index in [9.17, 15) is 19.2 Å². The van der Waals surface area contributed by atoms with Crippen LogP contribution in [0.3, 0.4) is 0 Å². The van der Waals surface area contributed by atoms with Crippen molar-refractivity contribution >= 4 is 23.8 Å². The van der Waals surface area contributed by atoms with Gasteiger partial charge in [-0.15, -0.1) is 0 Å². The van der Waals surface area contributed by atoms with Gasteiger partial charge in [-0.05, 0) is 78.4 Å². The Morgan fingerprint density at radius 3 is 2.21 bits per heavy atom. The Morgan fingerprint density at radius 1 is 1.02 bits per heavy atom. The maximum Gasteiger partial charge on any atom is 0.410 e. The molecule has 1 aliphatic carbocycles. The van der Waals surface area contributed by atoms with Gasteiger partial charge in [0.05, 0.1) is 18.2 Å². The first-order chi connectivity index (χ1) is 20.4. The number of ether oxygens (including phenoxy) is 3. The summed E-state index contributed by atoms with van der Waals surface area (Å²) in [5, 5.41) is 2.75. The summed E-state index contributed by atoms with van der Waals surface area (Å²) >= 11 is 0. The van der Waals surface area contributed by atoms with E-state index in [0.717, 1.165) is 37.1 Å². The Balaban J connectivity index is 1.18. The molecular weight excluding hydrogens is 552 g/mol. The van der Waals surface area contributed by atoms with Crippen LogP contribution >= 0.6 is 0 Å². The average Bonchev–Trinajstić information content (AvgIpc) is 3.17. The highest BCUT2D eigenvalue weighted by atomic mass is 16.6. The number of carbonyl (C=O) groups is 4. The molecule has 0 bridgehead atoms. The van der Waals surface area contributed by atoms with Crippen LogP contribution in [0.25, 0.3) is 0 Å². The van der Waals surface area contributed by atoms with Crippen molar-refractivity contribution in [3.63, 3.8) is 0 Å². The second-order valence-electron chi connectivity index (χ2n) is 13.5.